The molecule has 2 aromatic carbocycles. The Kier molecular flexibility index (Phi) is 4.86. The molecule has 1 atom stereocenters. The van der Waals surface area contributed by atoms with Crippen LogP contribution in [0.1, 0.15) is 49.5 Å². The fraction of sp³-hybridized carbons (Fsp3) is 0.190. The number of amides is 5. The summed E-state index contributed by atoms with van der Waals surface area (Å²) < 4.78 is 13.3. The molecule has 1 fully saturated rings. The van der Waals surface area contributed by atoms with Crippen LogP contribution in [0.2, 0.25) is 0 Å². The Bertz CT molecular complexity index is 1110. The highest BCUT2D eigenvalue weighted by molar-refractivity contribution is 6.16. The monoisotopic (exact) mass is 409 g/mol. The standard InChI is InChI=1S/C21H16FN3O5/c22-13-5-1-3-11(9-13)18(27)24-19(28)14-6-2-4-12-10-25(21(30)17(12)14)15-7-8-16(26)23-20(15)29/h1-6,9,15H,7-8,10H2,(H,23,26,29)(H,24,27,28). The first kappa shape index (κ1) is 19.4. The van der Waals surface area contributed by atoms with Gasteiger partial charge in [-0.2, -0.15) is 0 Å². The number of nitrogens with zero attached hydrogens (tertiary/aromatic N) is 1. The van der Waals surface area contributed by atoms with E-state index in [0.717, 1.165) is 6.07 Å². The van der Waals surface area contributed by atoms with Crippen LogP contribution in [0.15, 0.2) is 42.5 Å². The molecule has 5 amide bonds. The Hall–Kier alpha value is -3.88. The van der Waals surface area contributed by atoms with Gasteiger partial charge in [0.25, 0.3) is 17.7 Å². The van der Waals surface area contributed by atoms with E-state index >= 15 is 0 Å². The number of benzene rings is 2. The summed E-state index contributed by atoms with van der Waals surface area (Å²) in [7, 11) is 0. The molecular weight excluding hydrogens is 393 g/mol. The van der Waals surface area contributed by atoms with Crippen LogP contribution < -0.4 is 10.6 Å². The SMILES string of the molecule is O=C1CCC(N2Cc3cccc(C(=O)NC(=O)c4cccc(F)c4)c3C2=O)C(=O)N1. The van der Waals surface area contributed by atoms with E-state index in [1.54, 1.807) is 12.1 Å². The molecule has 1 saturated heterocycles. The van der Waals surface area contributed by atoms with Gasteiger partial charge in [0.1, 0.15) is 11.9 Å². The van der Waals surface area contributed by atoms with Crippen LogP contribution in [-0.4, -0.2) is 40.5 Å². The van der Waals surface area contributed by atoms with Crippen molar-refractivity contribution >= 4 is 29.5 Å². The van der Waals surface area contributed by atoms with Crippen molar-refractivity contribution in [2.24, 2.45) is 0 Å². The molecule has 0 bridgehead atoms. The molecule has 0 aromatic heterocycles. The third kappa shape index (κ3) is 3.45. The van der Waals surface area contributed by atoms with Gasteiger partial charge in [-0.3, -0.25) is 34.6 Å². The zero-order valence-corrected chi connectivity index (χ0v) is 15.6. The van der Waals surface area contributed by atoms with Crippen molar-refractivity contribution in [1.82, 2.24) is 15.5 Å². The molecule has 0 spiro atoms. The summed E-state index contributed by atoms with van der Waals surface area (Å²) in [6.07, 6.45) is 0.315. The number of carbonyl (C=O) groups is 5. The van der Waals surface area contributed by atoms with E-state index in [1.807, 2.05) is 0 Å². The van der Waals surface area contributed by atoms with Gasteiger partial charge in [-0.1, -0.05) is 18.2 Å². The second-order valence-electron chi connectivity index (χ2n) is 7.03. The zero-order valence-electron chi connectivity index (χ0n) is 15.6. The predicted molar refractivity (Wildman–Crippen MR) is 101 cm³/mol. The lowest BCUT2D eigenvalue weighted by atomic mass is 10.0. The van der Waals surface area contributed by atoms with Crippen LogP contribution in [0.25, 0.3) is 0 Å². The molecule has 2 heterocycles. The lowest BCUT2D eigenvalue weighted by Gasteiger charge is -2.29. The molecule has 8 nitrogen and oxygen atoms in total. The highest BCUT2D eigenvalue weighted by atomic mass is 19.1. The zero-order chi connectivity index (χ0) is 21.4. The molecule has 2 aromatic rings. The van der Waals surface area contributed by atoms with Crippen molar-refractivity contribution in [3.63, 3.8) is 0 Å². The number of hydrogen-bond acceptors (Lipinski definition) is 5. The molecule has 2 aliphatic rings. The first-order valence-electron chi connectivity index (χ1n) is 9.23. The number of hydrogen-bond donors (Lipinski definition) is 2. The van der Waals surface area contributed by atoms with Crippen LogP contribution in [0.3, 0.4) is 0 Å². The molecule has 152 valence electrons. The van der Waals surface area contributed by atoms with E-state index in [2.05, 4.69) is 10.6 Å². The smallest absolute Gasteiger partial charge is 0.258 e. The third-order valence-corrected chi connectivity index (χ3v) is 5.11. The lowest BCUT2D eigenvalue weighted by molar-refractivity contribution is -0.136. The van der Waals surface area contributed by atoms with Crippen molar-refractivity contribution < 1.29 is 28.4 Å². The largest absolute Gasteiger partial charge is 0.322 e. The first-order valence-corrected chi connectivity index (χ1v) is 9.23. The molecule has 1 unspecified atom stereocenters. The topological polar surface area (TPSA) is 113 Å². The van der Waals surface area contributed by atoms with Gasteiger partial charge < -0.3 is 4.90 Å². The van der Waals surface area contributed by atoms with Crippen molar-refractivity contribution in [2.45, 2.75) is 25.4 Å². The highest BCUT2D eigenvalue weighted by Gasteiger charge is 2.40. The number of nitrogens with one attached hydrogen (secondary N) is 2. The quantitative estimate of drug-likeness (QED) is 0.739. The number of imide groups is 2. The van der Waals surface area contributed by atoms with Crippen LogP contribution in [0.5, 0.6) is 0 Å². The minimum absolute atomic E-state index is 0.0166. The molecule has 0 radical (unpaired) electrons. The molecule has 9 heteroatoms. The van der Waals surface area contributed by atoms with Crippen molar-refractivity contribution in [1.29, 1.82) is 0 Å². The van der Waals surface area contributed by atoms with Crippen LogP contribution in [-0.2, 0) is 16.1 Å². The summed E-state index contributed by atoms with van der Waals surface area (Å²) >= 11 is 0. The summed E-state index contributed by atoms with van der Waals surface area (Å²) in [5.74, 6) is -3.70. The summed E-state index contributed by atoms with van der Waals surface area (Å²) in [6, 6.07) is 8.68. The Morgan fingerprint density at radius 1 is 1.07 bits per heavy atom. The molecule has 2 N–H and O–H groups in total. The van der Waals surface area contributed by atoms with Gasteiger partial charge in [0.2, 0.25) is 11.8 Å². The van der Waals surface area contributed by atoms with E-state index in [4.69, 9.17) is 0 Å². The Balaban J connectivity index is 1.57. The first-order chi connectivity index (χ1) is 14.3. The lowest BCUT2D eigenvalue weighted by Crippen LogP contribution is -2.52. The average molecular weight is 409 g/mol. The maximum atomic E-state index is 13.3. The van der Waals surface area contributed by atoms with E-state index in [1.165, 1.54) is 29.2 Å². The van der Waals surface area contributed by atoms with Crippen LogP contribution >= 0.6 is 0 Å². The van der Waals surface area contributed by atoms with E-state index in [-0.39, 0.29) is 36.1 Å². The summed E-state index contributed by atoms with van der Waals surface area (Å²) in [6.45, 7) is 0.111. The van der Waals surface area contributed by atoms with E-state index < -0.39 is 41.4 Å². The molecule has 30 heavy (non-hydrogen) atoms. The van der Waals surface area contributed by atoms with E-state index in [0.29, 0.717) is 5.56 Å². The minimum Gasteiger partial charge on any atom is -0.322 e. The molecule has 2 aliphatic heterocycles. The Labute approximate surface area is 170 Å². The fourth-order valence-corrected chi connectivity index (χ4v) is 3.68. The van der Waals surface area contributed by atoms with Gasteiger partial charge in [0, 0.05) is 18.5 Å². The van der Waals surface area contributed by atoms with Crippen LogP contribution in [0.4, 0.5) is 4.39 Å². The molecule has 4 rings (SSSR count). The summed E-state index contributed by atoms with van der Waals surface area (Å²) in [5.41, 5.74) is 0.590. The van der Waals surface area contributed by atoms with Gasteiger partial charge in [0.05, 0.1) is 11.1 Å². The van der Waals surface area contributed by atoms with Gasteiger partial charge in [-0.05, 0) is 36.2 Å². The van der Waals surface area contributed by atoms with Crippen molar-refractivity contribution in [3.05, 3.63) is 70.5 Å². The number of piperidine rings is 1. The maximum Gasteiger partial charge on any atom is 0.258 e. The third-order valence-electron chi connectivity index (χ3n) is 5.11. The molecule has 0 aliphatic carbocycles. The number of halogens is 1. The van der Waals surface area contributed by atoms with Crippen molar-refractivity contribution in [3.8, 4) is 0 Å². The number of fused-ring (bicyclic) bond motifs is 1. The van der Waals surface area contributed by atoms with Gasteiger partial charge >= 0.3 is 0 Å². The van der Waals surface area contributed by atoms with Crippen LogP contribution in [0, 0.1) is 5.82 Å². The highest BCUT2D eigenvalue weighted by Crippen LogP contribution is 2.29. The average Bonchev–Trinajstić information content (AvgIpc) is 3.04. The number of carbonyl (C=O) groups excluding carboxylic acids is 5. The van der Waals surface area contributed by atoms with Gasteiger partial charge in [-0.15, -0.1) is 0 Å². The Morgan fingerprint density at radius 3 is 2.57 bits per heavy atom. The van der Waals surface area contributed by atoms with Gasteiger partial charge in [-0.25, -0.2) is 4.39 Å². The number of rotatable bonds is 3. The minimum atomic E-state index is -0.813. The van der Waals surface area contributed by atoms with Gasteiger partial charge in [0.15, 0.2) is 0 Å². The summed E-state index contributed by atoms with van der Waals surface area (Å²) in [5, 5.41) is 4.37. The van der Waals surface area contributed by atoms with Crippen molar-refractivity contribution in [2.75, 3.05) is 0 Å². The van der Waals surface area contributed by atoms with E-state index in [9.17, 15) is 28.4 Å². The predicted octanol–water partition coefficient (Wildman–Crippen LogP) is 1.16. The molecular formula is C21H16FN3O5. The molecule has 0 saturated carbocycles. The normalized spacial score (nSPS) is 18.1. The Morgan fingerprint density at radius 2 is 1.83 bits per heavy atom. The fourth-order valence-electron chi connectivity index (χ4n) is 3.68. The maximum absolute atomic E-state index is 13.3. The summed E-state index contributed by atoms with van der Waals surface area (Å²) in [4.78, 5) is 62.8. The second-order valence-corrected chi connectivity index (χ2v) is 7.03. The second kappa shape index (κ2) is 7.51.